The third kappa shape index (κ3) is 5.46. The van der Waals surface area contributed by atoms with Crippen molar-refractivity contribution in [1.29, 1.82) is 5.26 Å². The number of amides is 1. The second kappa shape index (κ2) is 8.90. The Balaban J connectivity index is 1.88. The second-order valence-electron chi connectivity index (χ2n) is 7.39. The largest absolute Gasteiger partial charge is 0.481 e. The summed E-state index contributed by atoms with van der Waals surface area (Å²) in [6, 6.07) is 6.19. The van der Waals surface area contributed by atoms with Gasteiger partial charge in [0.05, 0.1) is 6.07 Å². The van der Waals surface area contributed by atoms with Gasteiger partial charge in [0.15, 0.2) is 12.7 Å². The molecule has 0 aliphatic heterocycles. The number of nitrogens with zero attached hydrogens (tertiary/aromatic N) is 1. The predicted octanol–water partition coefficient (Wildman–Crippen LogP) is 3.27. The van der Waals surface area contributed by atoms with E-state index in [2.05, 4.69) is 11.4 Å². The molecular formula is C21H28N2O4. The van der Waals surface area contributed by atoms with Gasteiger partial charge >= 0.3 is 5.97 Å². The Labute approximate surface area is 160 Å². The van der Waals surface area contributed by atoms with Gasteiger partial charge in [-0.15, -0.1) is 0 Å². The van der Waals surface area contributed by atoms with Crippen molar-refractivity contribution >= 4 is 11.9 Å². The molecule has 0 aromatic heterocycles. The van der Waals surface area contributed by atoms with Crippen LogP contribution in [0.25, 0.3) is 0 Å². The van der Waals surface area contributed by atoms with Crippen molar-refractivity contribution < 1.29 is 19.1 Å². The fraction of sp³-hybridized carbons (Fsp3) is 0.571. The number of benzene rings is 1. The van der Waals surface area contributed by atoms with E-state index in [0.717, 1.165) is 36.0 Å². The Morgan fingerprint density at radius 1 is 1.19 bits per heavy atom. The van der Waals surface area contributed by atoms with Crippen LogP contribution in [0, 0.1) is 32.1 Å². The number of ether oxygens (including phenoxy) is 2. The lowest BCUT2D eigenvalue weighted by Crippen LogP contribution is -2.52. The number of esters is 1. The fourth-order valence-electron chi connectivity index (χ4n) is 3.57. The molecule has 1 aromatic carbocycles. The van der Waals surface area contributed by atoms with E-state index < -0.39 is 23.5 Å². The molecule has 0 bridgehead atoms. The number of rotatable bonds is 6. The predicted molar refractivity (Wildman–Crippen MR) is 101 cm³/mol. The molecule has 27 heavy (non-hydrogen) atoms. The summed E-state index contributed by atoms with van der Waals surface area (Å²) in [6.07, 6.45) is 3.17. The van der Waals surface area contributed by atoms with Crippen LogP contribution in [0.5, 0.6) is 5.75 Å². The number of nitrogens with one attached hydrogen (secondary N) is 1. The van der Waals surface area contributed by atoms with Crippen molar-refractivity contribution in [2.24, 2.45) is 0 Å². The third-order valence-electron chi connectivity index (χ3n) is 4.90. The average molecular weight is 372 g/mol. The maximum absolute atomic E-state index is 12.4. The van der Waals surface area contributed by atoms with Crippen molar-refractivity contribution in [3.63, 3.8) is 0 Å². The Kier molecular flexibility index (Phi) is 6.84. The zero-order valence-electron chi connectivity index (χ0n) is 16.6. The monoisotopic (exact) mass is 372 g/mol. The standard InChI is InChI=1S/C21H28N2O4/c1-14-10-15(2)19(16(3)11-14)26-12-18(24)27-17(4)20(25)23-21(13-22)8-6-5-7-9-21/h10-11,17H,5-9,12H2,1-4H3,(H,23,25)/t17-/m0/s1. The van der Waals surface area contributed by atoms with Gasteiger partial charge in [-0.05, 0) is 51.7 Å². The van der Waals surface area contributed by atoms with Crippen LogP contribution in [0.1, 0.15) is 55.7 Å². The molecule has 6 heteroatoms. The van der Waals surface area contributed by atoms with Gasteiger partial charge in [-0.25, -0.2) is 4.79 Å². The van der Waals surface area contributed by atoms with Crippen LogP contribution in [0.2, 0.25) is 0 Å². The summed E-state index contributed by atoms with van der Waals surface area (Å²) in [5.41, 5.74) is 2.17. The highest BCUT2D eigenvalue weighted by molar-refractivity contribution is 5.84. The van der Waals surface area contributed by atoms with Gasteiger partial charge in [0.25, 0.3) is 5.91 Å². The normalized spacial score (nSPS) is 16.7. The van der Waals surface area contributed by atoms with Gasteiger partial charge in [-0.3, -0.25) is 4.79 Å². The van der Waals surface area contributed by atoms with Crippen LogP contribution in [0.4, 0.5) is 0 Å². The van der Waals surface area contributed by atoms with Gasteiger partial charge < -0.3 is 14.8 Å². The minimum atomic E-state index is -0.978. The quantitative estimate of drug-likeness (QED) is 0.774. The lowest BCUT2D eigenvalue weighted by atomic mass is 9.83. The molecule has 0 spiro atoms. The number of aryl methyl sites for hydroxylation is 3. The summed E-state index contributed by atoms with van der Waals surface area (Å²) >= 11 is 0. The Bertz CT molecular complexity index is 722. The van der Waals surface area contributed by atoms with E-state index in [1.54, 1.807) is 0 Å². The van der Waals surface area contributed by atoms with Gasteiger partial charge in [0.2, 0.25) is 0 Å². The third-order valence-corrected chi connectivity index (χ3v) is 4.90. The maximum atomic E-state index is 12.4. The zero-order valence-corrected chi connectivity index (χ0v) is 16.6. The minimum absolute atomic E-state index is 0.272. The number of carbonyl (C=O) groups excluding carboxylic acids is 2. The second-order valence-corrected chi connectivity index (χ2v) is 7.39. The number of hydrogen-bond acceptors (Lipinski definition) is 5. The first-order chi connectivity index (χ1) is 12.8. The smallest absolute Gasteiger partial charge is 0.344 e. The van der Waals surface area contributed by atoms with Crippen LogP contribution >= 0.6 is 0 Å². The topological polar surface area (TPSA) is 88.4 Å². The first-order valence-electron chi connectivity index (χ1n) is 9.40. The van der Waals surface area contributed by atoms with Gasteiger partial charge in [-0.2, -0.15) is 5.26 Å². The van der Waals surface area contributed by atoms with Gasteiger partial charge in [-0.1, -0.05) is 37.0 Å². The number of hydrogen-bond donors (Lipinski definition) is 1. The van der Waals surface area contributed by atoms with Crippen LogP contribution in [-0.2, 0) is 14.3 Å². The van der Waals surface area contributed by atoms with Crippen LogP contribution in [0.15, 0.2) is 12.1 Å². The molecule has 6 nitrogen and oxygen atoms in total. The first-order valence-corrected chi connectivity index (χ1v) is 9.40. The molecule has 2 rings (SSSR count). The molecular weight excluding hydrogens is 344 g/mol. The highest BCUT2D eigenvalue weighted by Gasteiger charge is 2.35. The molecule has 1 saturated carbocycles. The number of nitriles is 1. The summed E-state index contributed by atoms with van der Waals surface area (Å²) in [5, 5.41) is 12.2. The lowest BCUT2D eigenvalue weighted by Gasteiger charge is -2.32. The summed E-state index contributed by atoms with van der Waals surface area (Å²) < 4.78 is 10.8. The van der Waals surface area contributed by atoms with E-state index in [1.165, 1.54) is 6.92 Å². The SMILES string of the molecule is Cc1cc(C)c(OCC(=O)O[C@@H](C)C(=O)NC2(C#N)CCCCC2)c(C)c1. The molecule has 1 aromatic rings. The van der Waals surface area contributed by atoms with E-state index in [1.807, 2.05) is 32.9 Å². The van der Waals surface area contributed by atoms with E-state index in [9.17, 15) is 14.9 Å². The van der Waals surface area contributed by atoms with Crippen LogP contribution < -0.4 is 10.1 Å². The summed E-state index contributed by atoms with van der Waals surface area (Å²) in [7, 11) is 0. The van der Waals surface area contributed by atoms with E-state index in [-0.39, 0.29) is 6.61 Å². The molecule has 1 N–H and O–H groups in total. The summed E-state index contributed by atoms with van der Waals surface area (Å²) in [5.74, 6) is -0.415. The molecule has 0 saturated heterocycles. The molecule has 1 aliphatic rings. The summed E-state index contributed by atoms with van der Waals surface area (Å²) in [4.78, 5) is 24.4. The van der Waals surface area contributed by atoms with E-state index in [0.29, 0.717) is 18.6 Å². The van der Waals surface area contributed by atoms with Crippen molar-refractivity contribution in [1.82, 2.24) is 5.32 Å². The number of carbonyl (C=O) groups is 2. The molecule has 0 unspecified atom stereocenters. The van der Waals surface area contributed by atoms with E-state index >= 15 is 0 Å². The molecule has 1 atom stereocenters. The van der Waals surface area contributed by atoms with Crippen molar-refractivity contribution in [3.05, 3.63) is 28.8 Å². The summed E-state index contributed by atoms with van der Waals surface area (Å²) in [6.45, 7) is 7.07. The lowest BCUT2D eigenvalue weighted by molar-refractivity contribution is -0.157. The fourth-order valence-corrected chi connectivity index (χ4v) is 3.57. The molecule has 0 radical (unpaired) electrons. The molecule has 146 valence electrons. The Morgan fingerprint density at radius 2 is 1.78 bits per heavy atom. The highest BCUT2D eigenvalue weighted by Crippen LogP contribution is 2.28. The Morgan fingerprint density at radius 3 is 2.33 bits per heavy atom. The van der Waals surface area contributed by atoms with Crippen molar-refractivity contribution in [2.45, 2.75) is 71.4 Å². The molecule has 1 amide bonds. The van der Waals surface area contributed by atoms with Crippen molar-refractivity contribution in [3.8, 4) is 11.8 Å². The molecule has 1 fully saturated rings. The van der Waals surface area contributed by atoms with Gasteiger partial charge in [0.1, 0.15) is 11.3 Å². The Hall–Kier alpha value is -2.55. The average Bonchev–Trinajstić information content (AvgIpc) is 2.61. The first kappa shape index (κ1) is 20.8. The van der Waals surface area contributed by atoms with E-state index in [4.69, 9.17) is 9.47 Å². The van der Waals surface area contributed by atoms with Gasteiger partial charge in [0, 0.05) is 0 Å². The maximum Gasteiger partial charge on any atom is 0.344 e. The molecule has 1 aliphatic carbocycles. The van der Waals surface area contributed by atoms with Crippen LogP contribution in [-0.4, -0.2) is 30.1 Å². The minimum Gasteiger partial charge on any atom is -0.481 e. The van der Waals surface area contributed by atoms with Crippen molar-refractivity contribution in [2.75, 3.05) is 6.61 Å². The van der Waals surface area contributed by atoms with Crippen LogP contribution in [0.3, 0.4) is 0 Å². The zero-order chi connectivity index (χ0) is 20.0. The molecule has 0 heterocycles. The highest BCUT2D eigenvalue weighted by atomic mass is 16.6.